The minimum atomic E-state index is -0.971. The second kappa shape index (κ2) is 6.88. The number of carbonyl (C=O) groups is 3. The lowest BCUT2D eigenvalue weighted by Crippen LogP contribution is -2.48. The number of halogens is 1. The molecule has 0 aliphatic carbocycles. The van der Waals surface area contributed by atoms with Gasteiger partial charge < -0.3 is 15.0 Å². The number of nitrogens with zero attached hydrogens (tertiary/aromatic N) is 1. The van der Waals surface area contributed by atoms with E-state index < -0.39 is 24.0 Å². The van der Waals surface area contributed by atoms with Gasteiger partial charge in [-0.3, -0.25) is 9.59 Å². The van der Waals surface area contributed by atoms with Crippen LogP contribution in [-0.4, -0.2) is 45.5 Å². The minimum Gasteiger partial charge on any atom is -0.451 e. The van der Waals surface area contributed by atoms with Crippen molar-refractivity contribution >= 4 is 46.8 Å². The van der Waals surface area contributed by atoms with Gasteiger partial charge in [0.15, 0.2) is 6.10 Å². The van der Waals surface area contributed by atoms with Gasteiger partial charge in [-0.2, -0.15) is 0 Å². The van der Waals surface area contributed by atoms with Crippen LogP contribution in [0.2, 0.25) is 5.02 Å². The van der Waals surface area contributed by atoms with Crippen LogP contribution >= 0.6 is 23.4 Å². The van der Waals surface area contributed by atoms with Gasteiger partial charge in [-0.05, 0) is 38.5 Å². The van der Waals surface area contributed by atoms with Gasteiger partial charge in [-0.1, -0.05) is 17.7 Å². The average molecular weight is 383 g/mol. The van der Waals surface area contributed by atoms with E-state index in [2.05, 4.69) is 5.32 Å². The molecule has 3 rings (SSSR count). The van der Waals surface area contributed by atoms with E-state index in [1.54, 1.807) is 40.9 Å². The fraction of sp³-hybridized carbons (Fsp3) is 0.471. The van der Waals surface area contributed by atoms with Crippen LogP contribution in [0.3, 0.4) is 0 Å². The van der Waals surface area contributed by atoms with Crippen molar-refractivity contribution in [2.45, 2.75) is 43.7 Å². The van der Waals surface area contributed by atoms with E-state index in [9.17, 15) is 14.4 Å². The number of fused-ring (bicyclic) bond motifs is 1. The lowest BCUT2D eigenvalue weighted by Gasteiger charge is -2.29. The Kier molecular flexibility index (Phi) is 4.97. The van der Waals surface area contributed by atoms with E-state index in [0.717, 1.165) is 6.42 Å². The fourth-order valence-corrected chi connectivity index (χ4v) is 4.72. The van der Waals surface area contributed by atoms with Crippen molar-refractivity contribution in [2.75, 3.05) is 11.1 Å². The number of anilines is 1. The largest absolute Gasteiger partial charge is 0.451 e. The molecule has 8 heteroatoms. The maximum atomic E-state index is 12.5. The monoisotopic (exact) mass is 382 g/mol. The topological polar surface area (TPSA) is 75.7 Å². The molecule has 2 amide bonds. The zero-order chi connectivity index (χ0) is 18.2. The highest BCUT2D eigenvalue weighted by atomic mass is 35.5. The Morgan fingerprint density at radius 3 is 2.96 bits per heavy atom. The highest BCUT2D eigenvalue weighted by Crippen LogP contribution is 2.47. The first kappa shape index (κ1) is 18.1. The third-order valence-corrected chi connectivity index (χ3v) is 6.21. The number of benzene rings is 1. The second-order valence-corrected chi connectivity index (χ2v) is 8.28. The van der Waals surface area contributed by atoms with Gasteiger partial charge in [-0.25, -0.2) is 4.79 Å². The van der Waals surface area contributed by atoms with Gasteiger partial charge in [0, 0.05) is 22.9 Å². The van der Waals surface area contributed by atoms with E-state index in [-0.39, 0.29) is 10.8 Å². The molecule has 2 saturated heterocycles. The Labute approximate surface area is 155 Å². The minimum absolute atomic E-state index is 0.0366. The SMILES string of the molecule is C[C@@H](OC(=O)[C@@H]1CS[C@@]2(C)CCC(=O)N12)C(=O)Nc1cccc(Cl)c1. The van der Waals surface area contributed by atoms with Gasteiger partial charge in [0.2, 0.25) is 5.91 Å². The first-order valence-electron chi connectivity index (χ1n) is 8.03. The molecule has 1 N–H and O–H groups in total. The molecule has 3 atom stereocenters. The van der Waals surface area contributed by atoms with E-state index in [4.69, 9.17) is 16.3 Å². The third kappa shape index (κ3) is 3.62. The first-order valence-corrected chi connectivity index (χ1v) is 9.39. The fourth-order valence-electron chi connectivity index (χ4n) is 3.11. The Morgan fingerprint density at radius 1 is 1.48 bits per heavy atom. The Balaban J connectivity index is 1.61. The van der Waals surface area contributed by atoms with Crippen molar-refractivity contribution in [1.29, 1.82) is 0 Å². The van der Waals surface area contributed by atoms with Crippen molar-refractivity contribution in [2.24, 2.45) is 0 Å². The maximum Gasteiger partial charge on any atom is 0.330 e. The summed E-state index contributed by atoms with van der Waals surface area (Å²) in [6.07, 6.45) is 0.199. The van der Waals surface area contributed by atoms with Crippen LogP contribution in [0.5, 0.6) is 0 Å². The molecule has 1 aromatic carbocycles. The van der Waals surface area contributed by atoms with Crippen LogP contribution < -0.4 is 5.32 Å². The molecular formula is C17H19ClN2O4S. The van der Waals surface area contributed by atoms with Crippen molar-refractivity contribution in [1.82, 2.24) is 4.90 Å². The Bertz CT molecular complexity index is 728. The molecular weight excluding hydrogens is 364 g/mol. The van der Waals surface area contributed by atoms with Crippen LogP contribution in [0, 0.1) is 0 Å². The summed E-state index contributed by atoms with van der Waals surface area (Å²) in [4.78, 5) is 38.0. The number of carbonyl (C=O) groups excluding carboxylic acids is 3. The number of amides is 2. The van der Waals surface area contributed by atoms with Gasteiger partial charge in [0.05, 0.1) is 4.87 Å². The summed E-state index contributed by atoms with van der Waals surface area (Å²) in [5.74, 6) is -0.536. The lowest BCUT2D eigenvalue weighted by molar-refractivity contribution is -0.160. The number of thioether (sulfide) groups is 1. The summed E-state index contributed by atoms with van der Waals surface area (Å²) in [5, 5.41) is 3.15. The summed E-state index contributed by atoms with van der Waals surface area (Å²) in [7, 11) is 0. The highest BCUT2D eigenvalue weighted by Gasteiger charge is 2.53. The molecule has 2 fully saturated rings. The van der Waals surface area contributed by atoms with E-state index in [1.165, 1.54) is 6.92 Å². The summed E-state index contributed by atoms with van der Waals surface area (Å²) >= 11 is 7.46. The van der Waals surface area contributed by atoms with Crippen LogP contribution in [0.25, 0.3) is 0 Å². The number of esters is 1. The van der Waals surface area contributed by atoms with Gasteiger partial charge in [0.25, 0.3) is 5.91 Å². The third-order valence-electron chi connectivity index (χ3n) is 4.47. The quantitative estimate of drug-likeness (QED) is 0.810. The van der Waals surface area contributed by atoms with E-state index in [0.29, 0.717) is 22.9 Å². The zero-order valence-corrected chi connectivity index (χ0v) is 15.5. The van der Waals surface area contributed by atoms with Crippen molar-refractivity contribution < 1.29 is 19.1 Å². The van der Waals surface area contributed by atoms with Crippen LogP contribution in [0.4, 0.5) is 5.69 Å². The number of ether oxygens (including phenoxy) is 1. The lowest BCUT2D eigenvalue weighted by atomic mass is 10.2. The number of hydrogen-bond donors (Lipinski definition) is 1. The number of nitrogens with one attached hydrogen (secondary N) is 1. The first-order chi connectivity index (χ1) is 11.8. The number of hydrogen-bond acceptors (Lipinski definition) is 5. The van der Waals surface area contributed by atoms with Crippen molar-refractivity contribution in [3.05, 3.63) is 29.3 Å². The molecule has 0 bridgehead atoms. The molecule has 0 spiro atoms. The molecule has 0 unspecified atom stereocenters. The molecule has 134 valence electrons. The van der Waals surface area contributed by atoms with Crippen LogP contribution in [0.1, 0.15) is 26.7 Å². The van der Waals surface area contributed by atoms with Gasteiger partial charge in [-0.15, -0.1) is 11.8 Å². The van der Waals surface area contributed by atoms with Crippen molar-refractivity contribution in [3.8, 4) is 0 Å². The van der Waals surface area contributed by atoms with Crippen molar-refractivity contribution in [3.63, 3.8) is 0 Å². The predicted octanol–water partition coefficient (Wildman–Crippen LogP) is 2.66. The summed E-state index contributed by atoms with van der Waals surface area (Å²) in [5.41, 5.74) is 0.527. The Morgan fingerprint density at radius 2 is 2.24 bits per heavy atom. The second-order valence-electron chi connectivity index (χ2n) is 6.34. The molecule has 0 radical (unpaired) electrons. The number of rotatable bonds is 4. The maximum absolute atomic E-state index is 12.5. The summed E-state index contributed by atoms with van der Waals surface area (Å²) in [6, 6.07) is 6.08. The molecule has 2 heterocycles. The van der Waals surface area contributed by atoms with Gasteiger partial charge in [0.1, 0.15) is 6.04 Å². The van der Waals surface area contributed by atoms with Crippen LogP contribution in [-0.2, 0) is 19.1 Å². The van der Waals surface area contributed by atoms with Crippen LogP contribution in [0.15, 0.2) is 24.3 Å². The summed E-state index contributed by atoms with van der Waals surface area (Å²) < 4.78 is 5.31. The Hall–Kier alpha value is -1.73. The molecule has 0 saturated carbocycles. The predicted molar refractivity (Wildman–Crippen MR) is 96.4 cm³/mol. The average Bonchev–Trinajstić information content (AvgIpc) is 3.04. The summed E-state index contributed by atoms with van der Waals surface area (Å²) in [6.45, 7) is 3.47. The van der Waals surface area contributed by atoms with E-state index >= 15 is 0 Å². The zero-order valence-electron chi connectivity index (χ0n) is 14.0. The normalized spacial score (nSPS) is 26.3. The molecule has 0 aromatic heterocycles. The standard InChI is InChI=1S/C17H19ClN2O4S/c1-10(15(22)19-12-5-3-4-11(18)8-12)24-16(23)13-9-25-17(2)7-6-14(21)20(13)17/h3-5,8,10,13H,6-7,9H2,1-2H3,(H,19,22)/t10-,13+,17+/m1/s1. The molecule has 2 aliphatic heterocycles. The van der Waals surface area contributed by atoms with Gasteiger partial charge >= 0.3 is 5.97 Å². The molecule has 25 heavy (non-hydrogen) atoms. The smallest absolute Gasteiger partial charge is 0.330 e. The van der Waals surface area contributed by atoms with E-state index in [1.807, 2.05) is 6.92 Å². The molecule has 1 aromatic rings. The molecule has 2 aliphatic rings. The molecule has 6 nitrogen and oxygen atoms in total. The highest BCUT2D eigenvalue weighted by molar-refractivity contribution is 8.01.